The molecule has 0 unspecified atom stereocenters. The molecular formula is C25H24N6O2. The SMILES string of the molecule is Cn1cc(-c2cnc(N)c(C(=O)N[C@@H]3CCN(C(=O)c4ccc5ccccc5c4)C3)c2)cn1. The highest BCUT2D eigenvalue weighted by molar-refractivity contribution is 6.00. The maximum absolute atomic E-state index is 13.0. The number of nitrogens with two attached hydrogens (primary N) is 1. The van der Waals surface area contributed by atoms with Crippen LogP contribution in [0.5, 0.6) is 0 Å². The Morgan fingerprint density at radius 3 is 2.67 bits per heavy atom. The van der Waals surface area contributed by atoms with Crippen LogP contribution in [0.3, 0.4) is 0 Å². The van der Waals surface area contributed by atoms with Gasteiger partial charge in [0.25, 0.3) is 11.8 Å². The number of amides is 2. The van der Waals surface area contributed by atoms with Crippen LogP contribution in [-0.2, 0) is 7.05 Å². The predicted octanol–water partition coefficient (Wildman–Crippen LogP) is 2.86. The number of aromatic nitrogens is 3. The smallest absolute Gasteiger partial charge is 0.255 e. The first-order valence-electron chi connectivity index (χ1n) is 10.8. The minimum absolute atomic E-state index is 0.0303. The third-order valence-corrected chi connectivity index (χ3v) is 6.01. The number of likely N-dealkylation sites (tertiary alicyclic amines) is 1. The van der Waals surface area contributed by atoms with E-state index < -0.39 is 0 Å². The number of carbonyl (C=O) groups excluding carboxylic acids is 2. The maximum Gasteiger partial charge on any atom is 0.255 e. The molecule has 1 atom stereocenters. The molecule has 1 aliphatic rings. The number of nitrogens with zero attached hydrogens (tertiary/aromatic N) is 4. The van der Waals surface area contributed by atoms with Crippen LogP contribution in [0.1, 0.15) is 27.1 Å². The van der Waals surface area contributed by atoms with Crippen LogP contribution in [0.25, 0.3) is 21.9 Å². The molecule has 1 aliphatic heterocycles. The van der Waals surface area contributed by atoms with Crippen molar-refractivity contribution in [2.75, 3.05) is 18.8 Å². The lowest BCUT2D eigenvalue weighted by Gasteiger charge is -2.18. The molecule has 5 rings (SSSR count). The molecule has 3 heterocycles. The van der Waals surface area contributed by atoms with Crippen molar-refractivity contribution in [3.8, 4) is 11.1 Å². The van der Waals surface area contributed by atoms with E-state index in [4.69, 9.17) is 5.73 Å². The Balaban J connectivity index is 1.27. The molecular weight excluding hydrogens is 416 g/mol. The van der Waals surface area contributed by atoms with E-state index in [0.29, 0.717) is 30.6 Å². The molecule has 33 heavy (non-hydrogen) atoms. The second-order valence-electron chi connectivity index (χ2n) is 8.33. The van der Waals surface area contributed by atoms with Gasteiger partial charge in [-0.05, 0) is 35.4 Å². The fourth-order valence-corrected chi connectivity index (χ4v) is 4.22. The summed E-state index contributed by atoms with van der Waals surface area (Å²) in [6.45, 7) is 1.03. The highest BCUT2D eigenvalue weighted by atomic mass is 16.2. The van der Waals surface area contributed by atoms with E-state index in [9.17, 15) is 9.59 Å². The number of rotatable bonds is 4. The van der Waals surface area contributed by atoms with E-state index >= 15 is 0 Å². The fourth-order valence-electron chi connectivity index (χ4n) is 4.22. The zero-order valence-corrected chi connectivity index (χ0v) is 18.2. The normalized spacial score (nSPS) is 15.7. The van der Waals surface area contributed by atoms with Crippen LogP contribution in [0.4, 0.5) is 5.82 Å². The molecule has 2 aromatic heterocycles. The third kappa shape index (κ3) is 4.15. The summed E-state index contributed by atoms with van der Waals surface area (Å²) in [7, 11) is 1.83. The summed E-state index contributed by atoms with van der Waals surface area (Å²) in [6, 6.07) is 15.3. The van der Waals surface area contributed by atoms with Gasteiger partial charge < -0.3 is 16.0 Å². The van der Waals surface area contributed by atoms with Gasteiger partial charge in [-0.2, -0.15) is 5.10 Å². The Hall–Kier alpha value is -4.20. The van der Waals surface area contributed by atoms with E-state index in [1.165, 1.54) is 0 Å². The first kappa shape index (κ1) is 20.7. The molecule has 0 bridgehead atoms. The lowest BCUT2D eigenvalue weighted by molar-refractivity contribution is 0.0783. The molecule has 8 nitrogen and oxygen atoms in total. The molecule has 1 fully saturated rings. The molecule has 0 spiro atoms. The zero-order chi connectivity index (χ0) is 22.9. The first-order chi connectivity index (χ1) is 16.0. The number of benzene rings is 2. The van der Waals surface area contributed by atoms with Crippen LogP contribution in [0.15, 0.2) is 67.1 Å². The Labute approximate surface area is 191 Å². The molecule has 8 heteroatoms. The van der Waals surface area contributed by atoms with Gasteiger partial charge in [0.05, 0.1) is 11.8 Å². The molecule has 0 aliphatic carbocycles. The van der Waals surface area contributed by atoms with Crippen LogP contribution in [0, 0.1) is 0 Å². The van der Waals surface area contributed by atoms with Crippen molar-refractivity contribution in [1.29, 1.82) is 0 Å². The number of hydrogen-bond donors (Lipinski definition) is 2. The Kier molecular flexibility index (Phi) is 5.26. The second-order valence-corrected chi connectivity index (χ2v) is 8.33. The van der Waals surface area contributed by atoms with Gasteiger partial charge in [0.1, 0.15) is 5.82 Å². The van der Waals surface area contributed by atoms with Crippen LogP contribution >= 0.6 is 0 Å². The van der Waals surface area contributed by atoms with E-state index in [-0.39, 0.29) is 23.7 Å². The Morgan fingerprint density at radius 2 is 1.88 bits per heavy atom. The minimum Gasteiger partial charge on any atom is -0.383 e. The van der Waals surface area contributed by atoms with Crippen molar-refractivity contribution in [1.82, 2.24) is 25.0 Å². The number of hydrogen-bond acceptors (Lipinski definition) is 5. The summed E-state index contributed by atoms with van der Waals surface area (Å²) in [6.07, 6.45) is 5.87. The second kappa shape index (κ2) is 8.38. The number of nitrogen functional groups attached to an aromatic ring is 1. The first-order valence-corrected chi connectivity index (χ1v) is 10.8. The number of carbonyl (C=O) groups is 2. The number of pyridine rings is 1. The van der Waals surface area contributed by atoms with Gasteiger partial charge in [-0.1, -0.05) is 30.3 Å². The van der Waals surface area contributed by atoms with Crippen LogP contribution in [0.2, 0.25) is 0 Å². The Morgan fingerprint density at radius 1 is 1.06 bits per heavy atom. The quantitative estimate of drug-likeness (QED) is 0.508. The van der Waals surface area contributed by atoms with Crippen molar-refractivity contribution >= 4 is 28.4 Å². The van der Waals surface area contributed by atoms with E-state index in [0.717, 1.165) is 21.9 Å². The number of anilines is 1. The fraction of sp³-hybridized carbons (Fsp3) is 0.200. The Bertz CT molecular complexity index is 1360. The van der Waals surface area contributed by atoms with Crippen molar-refractivity contribution in [3.05, 3.63) is 78.2 Å². The summed E-state index contributed by atoms with van der Waals surface area (Å²) in [5.41, 5.74) is 8.57. The molecule has 2 amide bonds. The standard InChI is InChI=1S/C25H24N6O2/c1-30-14-20(13-28-30)19-11-22(23(26)27-12-19)24(32)29-21-8-9-31(15-21)25(33)18-7-6-16-4-2-3-5-17(16)10-18/h2-7,10-14,21H,8-9,15H2,1H3,(H2,26,27)(H,29,32)/t21-/m1/s1. The predicted molar refractivity (Wildman–Crippen MR) is 127 cm³/mol. The molecule has 0 saturated carbocycles. The molecule has 2 aromatic carbocycles. The van der Waals surface area contributed by atoms with Crippen molar-refractivity contribution < 1.29 is 9.59 Å². The largest absolute Gasteiger partial charge is 0.383 e. The van der Waals surface area contributed by atoms with Gasteiger partial charge in [0.2, 0.25) is 0 Å². The lowest BCUT2D eigenvalue weighted by Crippen LogP contribution is -2.38. The maximum atomic E-state index is 13.0. The third-order valence-electron chi connectivity index (χ3n) is 6.01. The van der Waals surface area contributed by atoms with Gasteiger partial charge in [0.15, 0.2) is 0 Å². The van der Waals surface area contributed by atoms with Crippen LogP contribution in [-0.4, -0.2) is 50.6 Å². The summed E-state index contributed by atoms with van der Waals surface area (Å²) in [4.78, 5) is 31.9. The monoisotopic (exact) mass is 440 g/mol. The molecule has 4 aromatic rings. The number of nitrogens with one attached hydrogen (secondary N) is 1. The molecule has 0 radical (unpaired) electrons. The average molecular weight is 441 g/mol. The summed E-state index contributed by atoms with van der Waals surface area (Å²) < 4.78 is 1.69. The highest BCUT2D eigenvalue weighted by Crippen LogP contribution is 2.23. The summed E-state index contributed by atoms with van der Waals surface area (Å²) in [5, 5.41) is 9.30. The summed E-state index contributed by atoms with van der Waals surface area (Å²) >= 11 is 0. The molecule has 166 valence electrons. The number of aryl methyl sites for hydroxylation is 1. The van der Waals surface area contributed by atoms with Gasteiger partial charge >= 0.3 is 0 Å². The summed E-state index contributed by atoms with van der Waals surface area (Å²) in [5.74, 6) is -0.157. The van der Waals surface area contributed by atoms with Gasteiger partial charge in [0, 0.05) is 55.3 Å². The zero-order valence-electron chi connectivity index (χ0n) is 18.2. The minimum atomic E-state index is -0.296. The highest BCUT2D eigenvalue weighted by Gasteiger charge is 2.29. The topological polar surface area (TPSA) is 106 Å². The van der Waals surface area contributed by atoms with Crippen molar-refractivity contribution in [3.63, 3.8) is 0 Å². The van der Waals surface area contributed by atoms with Gasteiger partial charge in [-0.25, -0.2) is 4.98 Å². The molecule has 3 N–H and O–H groups in total. The van der Waals surface area contributed by atoms with Gasteiger partial charge in [-0.15, -0.1) is 0 Å². The van der Waals surface area contributed by atoms with E-state index in [1.807, 2.05) is 55.7 Å². The molecule has 1 saturated heterocycles. The van der Waals surface area contributed by atoms with Gasteiger partial charge in [-0.3, -0.25) is 14.3 Å². The number of fused-ring (bicyclic) bond motifs is 1. The van der Waals surface area contributed by atoms with Crippen LogP contribution < -0.4 is 11.1 Å². The van der Waals surface area contributed by atoms with Crippen molar-refractivity contribution in [2.45, 2.75) is 12.5 Å². The van der Waals surface area contributed by atoms with E-state index in [1.54, 1.807) is 28.0 Å². The van der Waals surface area contributed by atoms with E-state index in [2.05, 4.69) is 15.4 Å². The average Bonchev–Trinajstić information content (AvgIpc) is 3.47. The lowest BCUT2D eigenvalue weighted by atomic mass is 10.1. The van der Waals surface area contributed by atoms with Crippen molar-refractivity contribution in [2.24, 2.45) is 7.05 Å².